The molecule has 0 fully saturated rings. The molecule has 7 nitrogen and oxygen atoms in total. The Morgan fingerprint density at radius 3 is 1.66 bits per heavy atom. The average Bonchev–Trinajstić information content (AvgIpc) is 2.94. The van der Waals surface area contributed by atoms with E-state index in [9.17, 15) is 10.2 Å². The molecule has 0 saturated heterocycles. The SMILES string of the molecule is CCOc1nc(-c2ccccc2O)nc2ccccc12.Oc1ccccc1-c1nc(Cl)c2ccccc2n1. The number of benzene rings is 4. The molecule has 38 heavy (non-hydrogen) atoms. The largest absolute Gasteiger partial charge is 0.507 e. The van der Waals surface area contributed by atoms with Gasteiger partial charge in [-0.2, -0.15) is 4.98 Å². The fourth-order valence-corrected chi connectivity index (χ4v) is 4.14. The highest BCUT2D eigenvalue weighted by molar-refractivity contribution is 6.34. The molecule has 0 amide bonds. The summed E-state index contributed by atoms with van der Waals surface area (Å²) in [6, 6.07) is 29.1. The number of ether oxygens (including phenoxy) is 1. The average molecular weight is 523 g/mol. The van der Waals surface area contributed by atoms with E-state index in [1.165, 1.54) is 0 Å². The number of phenolic OH excluding ortho intramolecular Hbond substituents is 2. The Bertz CT molecular complexity index is 1740. The topological polar surface area (TPSA) is 101 Å². The Balaban J connectivity index is 0.000000156. The smallest absolute Gasteiger partial charge is 0.225 e. The normalized spacial score (nSPS) is 10.7. The second-order valence-electron chi connectivity index (χ2n) is 8.19. The third-order valence-corrected chi connectivity index (χ3v) is 5.98. The van der Waals surface area contributed by atoms with E-state index in [4.69, 9.17) is 16.3 Å². The maximum absolute atomic E-state index is 9.94. The zero-order valence-electron chi connectivity index (χ0n) is 20.4. The van der Waals surface area contributed by atoms with Crippen LogP contribution in [0, 0.1) is 0 Å². The van der Waals surface area contributed by atoms with Gasteiger partial charge in [-0.1, -0.05) is 60.1 Å². The van der Waals surface area contributed by atoms with E-state index < -0.39 is 0 Å². The van der Waals surface area contributed by atoms with Gasteiger partial charge in [0.05, 0.1) is 34.2 Å². The van der Waals surface area contributed by atoms with Crippen molar-refractivity contribution in [2.24, 2.45) is 0 Å². The van der Waals surface area contributed by atoms with Crippen LogP contribution in [0.3, 0.4) is 0 Å². The maximum Gasteiger partial charge on any atom is 0.225 e. The summed E-state index contributed by atoms with van der Waals surface area (Å²) in [5.41, 5.74) is 2.73. The molecule has 4 aromatic carbocycles. The highest BCUT2D eigenvalue weighted by atomic mass is 35.5. The Kier molecular flexibility index (Phi) is 7.28. The van der Waals surface area contributed by atoms with Gasteiger partial charge in [-0.3, -0.25) is 0 Å². The van der Waals surface area contributed by atoms with Crippen LogP contribution in [0.5, 0.6) is 17.4 Å². The molecule has 0 saturated carbocycles. The molecule has 8 heteroatoms. The van der Waals surface area contributed by atoms with Gasteiger partial charge in [0.25, 0.3) is 0 Å². The van der Waals surface area contributed by atoms with Crippen molar-refractivity contribution in [2.45, 2.75) is 6.92 Å². The van der Waals surface area contributed by atoms with Crippen LogP contribution in [0.1, 0.15) is 6.92 Å². The molecule has 6 rings (SSSR count). The molecule has 2 N–H and O–H groups in total. The molecule has 0 bridgehead atoms. The molecule has 188 valence electrons. The third kappa shape index (κ3) is 5.19. The second kappa shape index (κ2) is 11.1. The predicted octanol–water partition coefficient (Wildman–Crippen LogP) is 7.06. The van der Waals surface area contributed by atoms with E-state index in [0.717, 1.165) is 21.8 Å². The summed E-state index contributed by atoms with van der Waals surface area (Å²) in [5.74, 6) is 1.73. The van der Waals surface area contributed by atoms with Gasteiger partial charge in [-0.15, -0.1) is 0 Å². The number of rotatable bonds is 4. The lowest BCUT2D eigenvalue weighted by atomic mass is 10.1. The molecule has 0 unspecified atom stereocenters. The Morgan fingerprint density at radius 1 is 0.605 bits per heavy atom. The zero-order valence-corrected chi connectivity index (χ0v) is 21.2. The van der Waals surface area contributed by atoms with E-state index in [2.05, 4.69) is 19.9 Å². The van der Waals surface area contributed by atoms with Crippen molar-refractivity contribution >= 4 is 33.4 Å². The summed E-state index contributed by atoms with van der Waals surface area (Å²) in [4.78, 5) is 17.6. The van der Waals surface area contributed by atoms with Crippen LogP contribution >= 0.6 is 11.6 Å². The number of nitrogens with zero attached hydrogens (tertiary/aromatic N) is 4. The Labute approximate surface area is 224 Å². The summed E-state index contributed by atoms with van der Waals surface area (Å²) in [6.45, 7) is 2.44. The van der Waals surface area contributed by atoms with Gasteiger partial charge >= 0.3 is 0 Å². The lowest BCUT2D eigenvalue weighted by Gasteiger charge is -2.09. The molecular weight excluding hydrogens is 500 g/mol. The number of halogens is 1. The summed E-state index contributed by atoms with van der Waals surface area (Å²) < 4.78 is 5.59. The highest BCUT2D eigenvalue weighted by Crippen LogP contribution is 2.31. The Morgan fingerprint density at radius 2 is 1.08 bits per heavy atom. The van der Waals surface area contributed by atoms with Crippen molar-refractivity contribution in [3.05, 3.63) is 102 Å². The number of aromatic nitrogens is 4. The molecule has 6 aromatic rings. The summed E-state index contributed by atoms with van der Waals surface area (Å²) in [7, 11) is 0. The zero-order chi connectivity index (χ0) is 26.5. The van der Waals surface area contributed by atoms with Gasteiger partial charge in [-0.05, 0) is 55.5 Å². The number of aromatic hydroxyl groups is 2. The number of fused-ring (bicyclic) bond motifs is 2. The minimum Gasteiger partial charge on any atom is -0.507 e. The molecule has 0 radical (unpaired) electrons. The quantitative estimate of drug-likeness (QED) is 0.239. The monoisotopic (exact) mass is 522 g/mol. The van der Waals surface area contributed by atoms with Crippen molar-refractivity contribution in [1.82, 2.24) is 19.9 Å². The van der Waals surface area contributed by atoms with Crippen LogP contribution in [-0.4, -0.2) is 36.8 Å². The van der Waals surface area contributed by atoms with Crippen molar-refractivity contribution in [2.75, 3.05) is 6.61 Å². The lowest BCUT2D eigenvalue weighted by Crippen LogP contribution is -1.99. The fraction of sp³-hybridized carbons (Fsp3) is 0.0667. The molecule has 0 aliphatic heterocycles. The summed E-state index contributed by atoms with van der Waals surface area (Å²) in [5, 5.41) is 21.8. The molecule has 2 heterocycles. The van der Waals surface area contributed by atoms with Gasteiger partial charge in [0.15, 0.2) is 11.6 Å². The van der Waals surface area contributed by atoms with Gasteiger partial charge in [-0.25, -0.2) is 15.0 Å². The molecule has 0 atom stereocenters. The predicted molar refractivity (Wildman–Crippen MR) is 149 cm³/mol. The minimum atomic E-state index is 0.142. The first-order valence-corrected chi connectivity index (χ1v) is 12.3. The first-order chi connectivity index (χ1) is 18.5. The molecule has 0 aliphatic rings. The van der Waals surface area contributed by atoms with E-state index >= 15 is 0 Å². The summed E-state index contributed by atoms with van der Waals surface area (Å²) >= 11 is 6.13. The first kappa shape index (κ1) is 24.9. The third-order valence-electron chi connectivity index (χ3n) is 5.70. The number of hydrogen-bond donors (Lipinski definition) is 2. The fourth-order valence-electron chi connectivity index (χ4n) is 3.90. The first-order valence-electron chi connectivity index (χ1n) is 11.9. The number of para-hydroxylation sites is 4. The minimum absolute atomic E-state index is 0.142. The van der Waals surface area contributed by atoms with Gasteiger partial charge in [0.2, 0.25) is 5.88 Å². The van der Waals surface area contributed by atoms with Crippen LogP contribution < -0.4 is 4.74 Å². The van der Waals surface area contributed by atoms with Gasteiger partial charge in [0, 0.05) is 5.39 Å². The Hall–Kier alpha value is -4.75. The van der Waals surface area contributed by atoms with Crippen LogP contribution in [0.15, 0.2) is 97.1 Å². The van der Waals surface area contributed by atoms with Crippen molar-refractivity contribution in [1.29, 1.82) is 0 Å². The van der Waals surface area contributed by atoms with Crippen LogP contribution in [-0.2, 0) is 0 Å². The van der Waals surface area contributed by atoms with Crippen LogP contribution in [0.2, 0.25) is 5.15 Å². The van der Waals surface area contributed by atoms with E-state index in [1.54, 1.807) is 36.4 Å². The van der Waals surface area contributed by atoms with Gasteiger partial charge < -0.3 is 14.9 Å². The van der Waals surface area contributed by atoms with Crippen LogP contribution in [0.4, 0.5) is 0 Å². The van der Waals surface area contributed by atoms with Gasteiger partial charge in [0.1, 0.15) is 16.7 Å². The highest BCUT2D eigenvalue weighted by Gasteiger charge is 2.13. The van der Waals surface area contributed by atoms with E-state index in [0.29, 0.717) is 40.4 Å². The standard InChI is InChI=1S/C16H14N2O2.C14H9ClN2O/c1-2-20-16-11-7-3-5-9-13(11)17-15(18-16)12-8-4-6-10-14(12)19;15-13-9-5-1-3-7-11(9)16-14(17-13)10-6-2-4-8-12(10)18/h3-10,19H,2H2,1H3;1-8,18H. The second-order valence-corrected chi connectivity index (χ2v) is 8.55. The maximum atomic E-state index is 9.94. The van der Waals surface area contributed by atoms with Crippen molar-refractivity contribution in [3.63, 3.8) is 0 Å². The van der Waals surface area contributed by atoms with Crippen molar-refractivity contribution in [3.8, 4) is 40.2 Å². The van der Waals surface area contributed by atoms with E-state index in [-0.39, 0.29) is 11.5 Å². The molecule has 0 aliphatic carbocycles. The van der Waals surface area contributed by atoms with Crippen molar-refractivity contribution < 1.29 is 14.9 Å². The van der Waals surface area contributed by atoms with Crippen LogP contribution in [0.25, 0.3) is 44.6 Å². The number of phenols is 2. The summed E-state index contributed by atoms with van der Waals surface area (Å²) in [6.07, 6.45) is 0. The molecule has 0 spiro atoms. The molecular formula is C30H23ClN4O3. The molecule has 2 aromatic heterocycles. The number of hydrogen-bond acceptors (Lipinski definition) is 7. The lowest BCUT2D eigenvalue weighted by molar-refractivity contribution is 0.331. The van der Waals surface area contributed by atoms with E-state index in [1.807, 2.05) is 67.6 Å².